The summed E-state index contributed by atoms with van der Waals surface area (Å²) in [6.07, 6.45) is 2.72. The van der Waals surface area contributed by atoms with E-state index in [4.69, 9.17) is 12.2 Å². The third-order valence-corrected chi connectivity index (χ3v) is 7.61. The van der Waals surface area contributed by atoms with E-state index in [1.165, 1.54) is 21.1 Å². The lowest BCUT2D eigenvalue weighted by atomic mass is 9.80. The quantitative estimate of drug-likeness (QED) is 0.248. The van der Waals surface area contributed by atoms with Crippen molar-refractivity contribution >= 4 is 52.3 Å². The summed E-state index contributed by atoms with van der Waals surface area (Å²) in [5.74, 6) is -0.490. The summed E-state index contributed by atoms with van der Waals surface area (Å²) in [6.45, 7) is 6.73. The van der Waals surface area contributed by atoms with Crippen LogP contribution < -0.4 is 14.7 Å². The average molecular weight is 496 g/mol. The van der Waals surface area contributed by atoms with Crippen molar-refractivity contribution < 1.29 is 9.59 Å². The molecule has 1 saturated heterocycles. The first kappa shape index (κ1) is 23.9. The van der Waals surface area contributed by atoms with Crippen LogP contribution in [-0.4, -0.2) is 29.5 Å². The molecule has 0 saturated carbocycles. The van der Waals surface area contributed by atoms with Crippen molar-refractivity contribution in [1.82, 2.24) is 0 Å². The molecule has 5 rings (SSSR count). The highest BCUT2D eigenvalue weighted by molar-refractivity contribution is 7.81. The number of hydrogen-bond donors (Lipinski definition) is 0. The lowest BCUT2D eigenvalue weighted by Crippen LogP contribution is -2.56. The molecule has 0 radical (unpaired) electrons. The van der Waals surface area contributed by atoms with E-state index in [0.29, 0.717) is 17.3 Å². The molecule has 1 fully saturated rings. The van der Waals surface area contributed by atoms with Crippen LogP contribution in [0.1, 0.15) is 44.2 Å². The van der Waals surface area contributed by atoms with Gasteiger partial charge in [-0.15, -0.1) is 0 Å². The average Bonchev–Trinajstić information content (AvgIpc) is 2.86. The summed E-state index contributed by atoms with van der Waals surface area (Å²) >= 11 is 5.69. The highest BCUT2D eigenvalue weighted by Gasteiger charge is 2.41. The van der Waals surface area contributed by atoms with Gasteiger partial charge in [-0.2, -0.15) is 0 Å². The van der Waals surface area contributed by atoms with E-state index in [0.717, 1.165) is 12.0 Å². The van der Waals surface area contributed by atoms with Gasteiger partial charge in [0.05, 0.1) is 11.4 Å². The lowest BCUT2D eigenvalue weighted by Gasteiger charge is -2.45. The van der Waals surface area contributed by atoms with Crippen LogP contribution in [-0.2, 0) is 9.59 Å². The summed E-state index contributed by atoms with van der Waals surface area (Å²) < 4.78 is 0. The Morgan fingerprint density at radius 3 is 1.92 bits per heavy atom. The summed E-state index contributed by atoms with van der Waals surface area (Å²) in [5, 5.41) is 0.141. The smallest absolute Gasteiger partial charge is 0.270 e. The van der Waals surface area contributed by atoms with Gasteiger partial charge in [0, 0.05) is 18.3 Å². The molecular weight excluding hydrogens is 466 g/mol. The molecule has 0 bridgehead atoms. The van der Waals surface area contributed by atoms with Crippen molar-refractivity contribution in [3.63, 3.8) is 0 Å². The predicted molar refractivity (Wildman–Crippen MR) is 150 cm³/mol. The molecule has 3 aromatic carbocycles. The van der Waals surface area contributed by atoms with Gasteiger partial charge in [0.15, 0.2) is 5.11 Å². The fourth-order valence-electron chi connectivity index (χ4n) is 5.19. The van der Waals surface area contributed by atoms with Crippen LogP contribution in [0.4, 0.5) is 17.1 Å². The highest BCUT2D eigenvalue weighted by Crippen LogP contribution is 2.43. The topological polar surface area (TPSA) is 43.9 Å². The van der Waals surface area contributed by atoms with Crippen LogP contribution in [0.15, 0.2) is 84.4 Å². The van der Waals surface area contributed by atoms with Crippen LogP contribution in [0.3, 0.4) is 0 Å². The first-order chi connectivity index (χ1) is 17.2. The van der Waals surface area contributed by atoms with Gasteiger partial charge in [-0.05, 0) is 92.0 Å². The molecule has 1 unspecified atom stereocenters. The SMILES string of the molecule is CC1CC(C)(C)N(C)c2ccc(C=C3C(=O)N(c4ccccc4)C(=S)N(c4ccccc4)C3=O)cc21. The number of hydrogen-bond acceptors (Lipinski definition) is 4. The number of para-hydroxylation sites is 2. The summed E-state index contributed by atoms with van der Waals surface area (Å²) in [7, 11) is 2.12. The molecular formula is C30H29N3O2S. The van der Waals surface area contributed by atoms with Gasteiger partial charge >= 0.3 is 0 Å². The van der Waals surface area contributed by atoms with Crippen molar-refractivity contribution in [3.8, 4) is 0 Å². The molecule has 5 nitrogen and oxygen atoms in total. The second kappa shape index (κ2) is 9.03. The summed E-state index contributed by atoms with van der Waals surface area (Å²) in [6, 6.07) is 24.6. The van der Waals surface area contributed by atoms with Gasteiger partial charge in [-0.25, -0.2) is 0 Å². The minimum Gasteiger partial charge on any atom is -0.369 e. The number of benzene rings is 3. The maximum absolute atomic E-state index is 13.7. The highest BCUT2D eigenvalue weighted by atomic mass is 32.1. The van der Waals surface area contributed by atoms with Crippen LogP contribution in [0.5, 0.6) is 0 Å². The Labute approximate surface area is 217 Å². The Balaban J connectivity index is 1.62. The number of carbonyl (C=O) groups is 2. The van der Waals surface area contributed by atoms with Gasteiger partial charge in [0.25, 0.3) is 11.8 Å². The molecule has 2 aliphatic heterocycles. The molecule has 36 heavy (non-hydrogen) atoms. The molecule has 0 aromatic heterocycles. The van der Waals surface area contributed by atoms with E-state index in [-0.39, 0.29) is 16.2 Å². The van der Waals surface area contributed by atoms with Gasteiger partial charge in [0.1, 0.15) is 5.57 Å². The van der Waals surface area contributed by atoms with E-state index < -0.39 is 11.8 Å². The molecule has 6 heteroatoms. The Kier molecular flexibility index (Phi) is 6.00. The molecule has 0 aliphatic carbocycles. The van der Waals surface area contributed by atoms with E-state index in [2.05, 4.69) is 44.9 Å². The number of rotatable bonds is 3. The number of anilines is 3. The first-order valence-corrected chi connectivity index (χ1v) is 12.5. The van der Waals surface area contributed by atoms with Crippen LogP contribution in [0.25, 0.3) is 6.08 Å². The van der Waals surface area contributed by atoms with Crippen LogP contribution in [0, 0.1) is 0 Å². The zero-order valence-corrected chi connectivity index (χ0v) is 21.8. The van der Waals surface area contributed by atoms with E-state index in [1.807, 2.05) is 66.7 Å². The molecule has 182 valence electrons. The third kappa shape index (κ3) is 4.01. The van der Waals surface area contributed by atoms with Gasteiger partial charge in [-0.3, -0.25) is 19.4 Å². The molecule has 3 aromatic rings. The summed E-state index contributed by atoms with van der Waals surface area (Å²) in [4.78, 5) is 32.6. The zero-order chi connectivity index (χ0) is 25.6. The van der Waals surface area contributed by atoms with Crippen molar-refractivity contribution in [2.75, 3.05) is 21.7 Å². The monoisotopic (exact) mass is 495 g/mol. The van der Waals surface area contributed by atoms with Crippen LogP contribution >= 0.6 is 12.2 Å². The Morgan fingerprint density at radius 1 is 0.861 bits per heavy atom. The number of fused-ring (bicyclic) bond motifs is 1. The standard InChI is InChI=1S/C30H29N3O2S/c1-20-19-30(2,3)31(4)26-16-15-21(17-24(20)26)18-25-27(34)32(22-11-7-5-8-12-22)29(36)33(28(25)35)23-13-9-6-10-14-23/h5-18,20H,19H2,1-4H3. The van der Waals surface area contributed by atoms with Crippen molar-refractivity contribution in [2.24, 2.45) is 0 Å². The maximum Gasteiger partial charge on any atom is 0.270 e. The van der Waals surface area contributed by atoms with Gasteiger partial charge in [0.2, 0.25) is 0 Å². The molecule has 2 aliphatic rings. The minimum absolute atomic E-state index is 0.0593. The van der Waals surface area contributed by atoms with E-state index >= 15 is 0 Å². The van der Waals surface area contributed by atoms with E-state index in [1.54, 1.807) is 6.08 Å². The zero-order valence-electron chi connectivity index (χ0n) is 20.9. The van der Waals surface area contributed by atoms with Crippen molar-refractivity contribution in [1.29, 1.82) is 0 Å². The first-order valence-electron chi connectivity index (χ1n) is 12.1. The van der Waals surface area contributed by atoms with E-state index in [9.17, 15) is 9.59 Å². The minimum atomic E-state index is -0.424. The second-order valence-corrected chi connectivity index (χ2v) is 10.5. The second-order valence-electron chi connectivity index (χ2n) is 10.1. The molecule has 2 amide bonds. The van der Waals surface area contributed by atoms with Crippen molar-refractivity contribution in [2.45, 2.75) is 38.6 Å². The van der Waals surface area contributed by atoms with Gasteiger partial charge < -0.3 is 4.90 Å². The Morgan fingerprint density at radius 2 is 1.39 bits per heavy atom. The number of thiocarbonyl (C=S) groups is 1. The Bertz CT molecular complexity index is 1320. The normalized spacial score (nSPS) is 19.4. The Hall–Kier alpha value is -3.77. The van der Waals surface area contributed by atoms with Crippen LogP contribution in [0.2, 0.25) is 0 Å². The van der Waals surface area contributed by atoms with Crippen molar-refractivity contribution in [3.05, 3.63) is 95.6 Å². The number of carbonyl (C=O) groups excluding carboxylic acids is 2. The molecule has 1 atom stereocenters. The summed E-state index contributed by atoms with van der Waals surface area (Å²) in [5.41, 5.74) is 4.60. The lowest BCUT2D eigenvalue weighted by molar-refractivity contribution is -0.120. The number of nitrogens with zero attached hydrogens (tertiary/aromatic N) is 3. The fourth-order valence-corrected chi connectivity index (χ4v) is 5.57. The fraction of sp³-hybridized carbons (Fsp3) is 0.233. The molecule has 0 N–H and O–H groups in total. The predicted octanol–water partition coefficient (Wildman–Crippen LogP) is 6.16. The number of amides is 2. The molecule has 0 spiro atoms. The van der Waals surface area contributed by atoms with Gasteiger partial charge in [-0.1, -0.05) is 49.4 Å². The third-order valence-electron chi connectivity index (χ3n) is 7.25. The largest absolute Gasteiger partial charge is 0.369 e. The molecule has 2 heterocycles. The maximum atomic E-state index is 13.7.